The van der Waals surface area contributed by atoms with Crippen LogP contribution in [0, 0.1) is 6.92 Å². The van der Waals surface area contributed by atoms with E-state index < -0.39 is 0 Å². The molecule has 5 heteroatoms. The van der Waals surface area contributed by atoms with Gasteiger partial charge in [-0.05, 0) is 49.4 Å². The molecule has 1 aromatic heterocycles. The topological polar surface area (TPSA) is 38.3 Å². The molecule has 0 fully saturated rings. The number of amides is 1. The maximum absolute atomic E-state index is 12.4. The van der Waals surface area contributed by atoms with E-state index in [1.165, 1.54) is 16.9 Å². The van der Waals surface area contributed by atoms with E-state index >= 15 is 0 Å². The smallest absolute Gasteiger partial charge is 0.265 e. The molecule has 21 heavy (non-hydrogen) atoms. The zero-order valence-electron chi connectivity index (χ0n) is 12.0. The van der Waals surface area contributed by atoms with Gasteiger partial charge in [0.25, 0.3) is 5.91 Å². The summed E-state index contributed by atoms with van der Waals surface area (Å²) in [7, 11) is 1.57. The monoisotopic (exact) mass is 321 g/mol. The van der Waals surface area contributed by atoms with Crippen LogP contribution in [0.15, 0.2) is 18.2 Å². The Morgan fingerprint density at radius 1 is 1.33 bits per heavy atom. The molecule has 0 unspecified atom stereocenters. The molecular weight excluding hydrogens is 306 g/mol. The van der Waals surface area contributed by atoms with Crippen LogP contribution in [0.25, 0.3) is 0 Å². The summed E-state index contributed by atoms with van der Waals surface area (Å²) in [6.45, 7) is 1.90. The number of halogens is 1. The minimum Gasteiger partial charge on any atom is -0.495 e. The predicted octanol–water partition coefficient (Wildman–Crippen LogP) is 4.46. The van der Waals surface area contributed by atoms with Crippen LogP contribution in [0.4, 0.5) is 5.69 Å². The number of carbonyl (C=O) groups excluding carboxylic acids is 1. The van der Waals surface area contributed by atoms with Gasteiger partial charge < -0.3 is 10.1 Å². The lowest BCUT2D eigenvalue weighted by Gasteiger charge is -2.11. The number of nitrogens with one attached hydrogen (secondary N) is 1. The van der Waals surface area contributed by atoms with Crippen molar-refractivity contribution in [2.75, 3.05) is 12.4 Å². The molecule has 1 aliphatic rings. The summed E-state index contributed by atoms with van der Waals surface area (Å²) in [5, 5.41) is 3.55. The van der Waals surface area contributed by atoms with Crippen molar-refractivity contribution in [2.45, 2.75) is 26.2 Å². The third kappa shape index (κ3) is 2.78. The van der Waals surface area contributed by atoms with Gasteiger partial charge in [0.1, 0.15) is 5.75 Å². The molecule has 1 N–H and O–H groups in total. The molecule has 0 radical (unpaired) electrons. The number of methoxy groups -OCH3 is 1. The molecule has 1 aromatic carbocycles. The lowest BCUT2D eigenvalue weighted by molar-refractivity contribution is 0.103. The highest BCUT2D eigenvalue weighted by Gasteiger charge is 2.19. The van der Waals surface area contributed by atoms with E-state index in [0.717, 1.165) is 23.3 Å². The van der Waals surface area contributed by atoms with E-state index in [1.807, 2.05) is 19.1 Å². The van der Waals surface area contributed by atoms with E-state index in [4.69, 9.17) is 16.3 Å². The van der Waals surface area contributed by atoms with Crippen molar-refractivity contribution in [3.63, 3.8) is 0 Å². The average molecular weight is 322 g/mol. The fourth-order valence-corrected chi connectivity index (χ4v) is 3.86. The highest BCUT2D eigenvalue weighted by molar-refractivity contribution is 7.14. The summed E-state index contributed by atoms with van der Waals surface area (Å²) < 4.78 is 5.28. The highest BCUT2D eigenvalue weighted by atomic mass is 35.5. The van der Waals surface area contributed by atoms with E-state index in [0.29, 0.717) is 16.5 Å². The number of aryl methyl sites for hydroxylation is 3. The number of fused-ring (bicyclic) bond motifs is 1. The molecule has 2 aromatic rings. The Balaban J connectivity index is 1.85. The van der Waals surface area contributed by atoms with Crippen LogP contribution in [-0.4, -0.2) is 13.0 Å². The number of ether oxygens (including phenoxy) is 1. The Morgan fingerprint density at radius 2 is 2.14 bits per heavy atom. The van der Waals surface area contributed by atoms with E-state index in [1.54, 1.807) is 24.5 Å². The number of thiophene rings is 1. The molecule has 1 amide bonds. The molecule has 0 saturated heterocycles. The molecule has 110 valence electrons. The van der Waals surface area contributed by atoms with Gasteiger partial charge in [0.2, 0.25) is 0 Å². The summed E-state index contributed by atoms with van der Waals surface area (Å²) >= 11 is 7.67. The van der Waals surface area contributed by atoms with Crippen LogP contribution in [0.1, 0.15) is 32.1 Å². The van der Waals surface area contributed by atoms with Crippen LogP contribution in [-0.2, 0) is 12.8 Å². The van der Waals surface area contributed by atoms with Crippen molar-refractivity contribution in [3.05, 3.63) is 44.1 Å². The maximum Gasteiger partial charge on any atom is 0.265 e. The molecule has 0 atom stereocenters. The first kappa shape index (κ1) is 14.4. The van der Waals surface area contributed by atoms with Crippen molar-refractivity contribution < 1.29 is 9.53 Å². The second-order valence-corrected chi connectivity index (χ2v) is 6.71. The number of hydrogen-bond acceptors (Lipinski definition) is 3. The normalized spacial score (nSPS) is 13.1. The Kier molecular flexibility index (Phi) is 3.91. The lowest BCUT2D eigenvalue weighted by atomic mass is 10.2. The van der Waals surface area contributed by atoms with Gasteiger partial charge in [0.15, 0.2) is 0 Å². The zero-order chi connectivity index (χ0) is 15.0. The molecule has 1 heterocycles. The van der Waals surface area contributed by atoms with Crippen molar-refractivity contribution >= 4 is 34.5 Å². The van der Waals surface area contributed by atoms with E-state index in [-0.39, 0.29) is 5.91 Å². The maximum atomic E-state index is 12.4. The fraction of sp³-hybridized carbons (Fsp3) is 0.312. The summed E-state index contributed by atoms with van der Waals surface area (Å²) in [4.78, 5) is 14.5. The number of anilines is 1. The Labute approximate surface area is 132 Å². The molecule has 0 spiro atoms. The van der Waals surface area contributed by atoms with Crippen LogP contribution in [0.3, 0.4) is 0 Å². The molecule has 0 bridgehead atoms. The third-order valence-corrected chi connectivity index (χ3v) is 5.34. The Bertz CT molecular complexity index is 687. The summed E-state index contributed by atoms with van der Waals surface area (Å²) in [6.07, 6.45) is 3.38. The zero-order valence-corrected chi connectivity index (χ0v) is 13.5. The molecule has 3 rings (SSSR count). The van der Waals surface area contributed by atoms with E-state index in [2.05, 4.69) is 5.32 Å². The SMILES string of the molecule is COc1cc(Cl)c(C)cc1NC(=O)c1cc2c(s1)CCC2. The van der Waals surface area contributed by atoms with E-state index in [9.17, 15) is 4.79 Å². The minimum atomic E-state index is -0.0885. The van der Waals surface area contributed by atoms with Gasteiger partial charge in [0.05, 0.1) is 17.7 Å². The number of benzene rings is 1. The number of rotatable bonds is 3. The highest BCUT2D eigenvalue weighted by Crippen LogP contribution is 2.33. The van der Waals surface area contributed by atoms with Crippen molar-refractivity contribution in [2.24, 2.45) is 0 Å². The van der Waals surface area contributed by atoms with Gasteiger partial charge in [-0.1, -0.05) is 11.6 Å². The molecule has 0 aliphatic heterocycles. The summed E-state index contributed by atoms with van der Waals surface area (Å²) in [6, 6.07) is 5.57. The van der Waals surface area contributed by atoms with Gasteiger partial charge in [0, 0.05) is 16.0 Å². The first-order valence-corrected chi connectivity index (χ1v) is 8.05. The lowest BCUT2D eigenvalue weighted by Crippen LogP contribution is -2.11. The molecule has 0 saturated carbocycles. The Hall–Kier alpha value is -1.52. The summed E-state index contributed by atoms with van der Waals surface area (Å²) in [5.74, 6) is 0.484. The minimum absolute atomic E-state index is 0.0885. The number of hydrogen-bond donors (Lipinski definition) is 1. The van der Waals surface area contributed by atoms with Gasteiger partial charge in [-0.2, -0.15) is 0 Å². The first-order chi connectivity index (χ1) is 10.1. The summed E-state index contributed by atoms with van der Waals surface area (Å²) in [5.41, 5.74) is 2.88. The molecule has 1 aliphatic carbocycles. The second kappa shape index (κ2) is 5.70. The van der Waals surface area contributed by atoms with Crippen LogP contribution in [0.2, 0.25) is 5.02 Å². The molecule has 3 nitrogen and oxygen atoms in total. The standard InChI is InChI=1S/C16H16ClNO2S/c1-9-6-12(13(20-2)8-11(9)17)18-16(19)15-7-10-4-3-5-14(10)21-15/h6-8H,3-5H2,1-2H3,(H,18,19). The van der Waals surface area contributed by atoms with Gasteiger partial charge in [-0.3, -0.25) is 4.79 Å². The molecular formula is C16H16ClNO2S. The Morgan fingerprint density at radius 3 is 2.86 bits per heavy atom. The largest absolute Gasteiger partial charge is 0.495 e. The first-order valence-electron chi connectivity index (χ1n) is 6.85. The average Bonchev–Trinajstić information content (AvgIpc) is 3.03. The third-order valence-electron chi connectivity index (χ3n) is 3.70. The number of carbonyl (C=O) groups is 1. The second-order valence-electron chi connectivity index (χ2n) is 5.17. The van der Waals surface area contributed by atoms with Crippen LogP contribution >= 0.6 is 22.9 Å². The predicted molar refractivity (Wildman–Crippen MR) is 87.0 cm³/mol. The van der Waals surface area contributed by atoms with Crippen molar-refractivity contribution in [1.82, 2.24) is 0 Å². The van der Waals surface area contributed by atoms with Gasteiger partial charge >= 0.3 is 0 Å². The van der Waals surface area contributed by atoms with Gasteiger partial charge in [-0.15, -0.1) is 11.3 Å². The quantitative estimate of drug-likeness (QED) is 0.906. The van der Waals surface area contributed by atoms with Gasteiger partial charge in [-0.25, -0.2) is 0 Å². The van der Waals surface area contributed by atoms with Crippen molar-refractivity contribution in [1.29, 1.82) is 0 Å². The van der Waals surface area contributed by atoms with Crippen molar-refractivity contribution in [3.8, 4) is 5.75 Å². The van der Waals surface area contributed by atoms with Crippen LogP contribution < -0.4 is 10.1 Å². The van der Waals surface area contributed by atoms with Crippen LogP contribution in [0.5, 0.6) is 5.75 Å². The fourth-order valence-electron chi connectivity index (χ4n) is 2.55.